The highest BCUT2D eigenvalue weighted by Gasteiger charge is 2.37. The molecule has 0 atom stereocenters. The van der Waals surface area contributed by atoms with Gasteiger partial charge in [0.25, 0.3) is 5.91 Å². The molecule has 3 heterocycles. The molecule has 216 valence electrons. The van der Waals surface area contributed by atoms with Crippen molar-refractivity contribution in [1.82, 2.24) is 14.8 Å². The number of amides is 1. The van der Waals surface area contributed by atoms with Gasteiger partial charge in [-0.2, -0.15) is 18.3 Å². The minimum atomic E-state index is -4.78. The van der Waals surface area contributed by atoms with E-state index >= 15 is 0 Å². The second kappa shape index (κ2) is 10.0. The molecule has 5 aromatic rings. The number of H-pyrrole nitrogens is 1. The Hall–Kier alpha value is -4.62. The normalized spacial score (nSPS) is 14.1. The van der Waals surface area contributed by atoms with Crippen LogP contribution in [0, 0.1) is 0 Å². The number of carbonyl (C=O) groups excluding carboxylic acids is 1. The van der Waals surface area contributed by atoms with Gasteiger partial charge in [-0.05, 0) is 60.7 Å². The number of nitrogens with zero attached hydrogens (tertiary/aromatic N) is 3. The van der Waals surface area contributed by atoms with Gasteiger partial charge in [-0.1, -0.05) is 30.3 Å². The molecule has 3 aromatic carbocycles. The summed E-state index contributed by atoms with van der Waals surface area (Å²) in [5, 5.41) is 10.6. The Morgan fingerprint density at radius 2 is 1.79 bits per heavy atom. The van der Waals surface area contributed by atoms with Crippen LogP contribution in [0.15, 0.2) is 77.8 Å². The molecule has 0 saturated heterocycles. The number of sulfonamides is 1. The highest BCUT2D eigenvalue weighted by atomic mass is 32.2. The van der Waals surface area contributed by atoms with E-state index in [9.17, 15) is 26.4 Å². The number of halogens is 3. The number of alkyl halides is 3. The largest absolute Gasteiger partial charge is 0.435 e. The minimum Gasteiger partial charge on any atom is -0.385 e. The van der Waals surface area contributed by atoms with Crippen molar-refractivity contribution in [2.75, 3.05) is 17.2 Å². The Morgan fingerprint density at radius 1 is 1.00 bits per heavy atom. The first-order valence-corrected chi connectivity index (χ1v) is 14.6. The van der Waals surface area contributed by atoms with E-state index < -0.39 is 27.8 Å². The number of anilines is 2. The number of hydrogen-bond donors (Lipinski definition) is 3. The van der Waals surface area contributed by atoms with E-state index in [1.54, 1.807) is 60.8 Å². The number of carbonyl (C=O) groups is 1. The Morgan fingerprint density at radius 3 is 2.55 bits per heavy atom. The number of fused-ring (bicyclic) bond motifs is 2. The summed E-state index contributed by atoms with van der Waals surface area (Å²) in [5.74, 6) is -0.315. The molecule has 0 bridgehead atoms. The van der Waals surface area contributed by atoms with Crippen molar-refractivity contribution < 1.29 is 26.4 Å². The molecule has 0 fully saturated rings. The quantitative estimate of drug-likeness (QED) is 0.261. The number of hydrogen-bond acceptors (Lipinski definition) is 5. The summed E-state index contributed by atoms with van der Waals surface area (Å²) in [4.78, 5) is 18.3. The molecule has 2 aromatic heterocycles. The molecule has 42 heavy (non-hydrogen) atoms. The summed E-state index contributed by atoms with van der Waals surface area (Å²) < 4.78 is 66.8. The Kier molecular flexibility index (Phi) is 6.58. The second-order valence-corrected chi connectivity index (χ2v) is 11.6. The van der Waals surface area contributed by atoms with Crippen LogP contribution in [-0.4, -0.2) is 35.6 Å². The van der Waals surface area contributed by atoms with Crippen molar-refractivity contribution >= 4 is 38.2 Å². The number of benzene rings is 3. The number of aromatic nitrogens is 3. The fourth-order valence-corrected chi connectivity index (χ4v) is 6.12. The van der Waals surface area contributed by atoms with Gasteiger partial charge in [-0.25, -0.2) is 18.2 Å². The van der Waals surface area contributed by atoms with Crippen molar-refractivity contribution in [3.8, 4) is 16.8 Å². The fraction of sp³-hybridized carbons (Fsp3) is 0.172. The van der Waals surface area contributed by atoms with Crippen LogP contribution in [0.3, 0.4) is 0 Å². The Labute approximate surface area is 238 Å². The first-order chi connectivity index (χ1) is 19.9. The summed E-state index contributed by atoms with van der Waals surface area (Å²) in [6.45, 7) is 0.273. The fourth-order valence-electron chi connectivity index (χ4n) is 5.36. The maximum absolute atomic E-state index is 14.0. The van der Waals surface area contributed by atoms with Crippen LogP contribution >= 0.6 is 0 Å². The van der Waals surface area contributed by atoms with Gasteiger partial charge in [0.05, 0.1) is 10.6 Å². The van der Waals surface area contributed by atoms with Crippen molar-refractivity contribution in [3.63, 3.8) is 0 Å². The average Bonchev–Trinajstić information content (AvgIpc) is 3.50. The number of primary sulfonamides is 1. The van der Waals surface area contributed by atoms with Crippen molar-refractivity contribution in [3.05, 3.63) is 89.9 Å². The Balaban J connectivity index is 1.45. The first kappa shape index (κ1) is 27.5. The van der Waals surface area contributed by atoms with Gasteiger partial charge in [0.15, 0.2) is 5.69 Å². The van der Waals surface area contributed by atoms with Crippen LogP contribution in [0.2, 0.25) is 0 Å². The Bertz CT molecular complexity index is 1960. The van der Waals surface area contributed by atoms with Crippen LogP contribution in [-0.2, 0) is 22.6 Å². The minimum absolute atomic E-state index is 0.0323. The molecule has 5 N–H and O–H groups in total. The van der Waals surface area contributed by atoms with Crippen LogP contribution < -0.4 is 15.8 Å². The number of aryl methyl sites for hydroxylation is 1. The molecular formula is C29H25F3N6O3S. The summed E-state index contributed by atoms with van der Waals surface area (Å²) in [6.07, 6.45) is -1.20. The molecule has 6 rings (SSSR count). The number of rotatable bonds is 4. The lowest BCUT2D eigenvalue weighted by Crippen LogP contribution is -2.33. The van der Waals surface area contributed by atoms with E-state index in [-0.39, 0.29) is 22.8 Å². The maximum atomic E-state index is 14.0. The van der Waals surface area contributed by atoms with Crippen LogP contribution in [0.1, 0.15) is 34.6 Å². The van der Waals surface area contributed by atoms with Crippen molar-refractivity contribution in [2.24, 2.45) is 5.14 Å². The third kappa shape index (κ3) is 4.90. The van der Waals surface area contributed by atoms with E-state index in [1.807, 2.05) is 0 Å². The molecule has 0 radical (unpaired) electrons. The van der Waals surface area contributed by atoms with Gasteiger partial charge in [-0.15, -0.1) is 0 Å². The zero-order valence-electron chi connectivity index (χ0n) is 22.0. The highest BCUT2D eigenvalue weighted by Crippen LogP contribution is 2.36. The van der Waals surface area contributed by atoms with E-state index in [1.165, 1.54) is 11.0 Å². The van der Waals surface area contributed by atoms with Gasteiger partial charge < -0.3 is 15.6 Å². The van der Waals surface area contributed by atoms with E-state index in [0.29, 0.717) is 47.3 Å². The lowest BCUT2D eigenvalue weighted by atomic mass is 9.99. The number of aromatic amines is 1. The van der Waals surface area contributed by atoms with Gasteiger partial charge in [0.1, 0.15) is 11.5 Å². The third-order valence-electron chi connectivity index (χ3n) is 7.37. The van der Waals surface area contributed by atoms with Crippen LogP contribution in [0.5, 0.6) is 0 Å². The predicted molar refractivity (Wildman–Crippen MR) is 153 cm³/mol. The van der Waals surface area contributed by atoms with E-state index in [2.05, 4.69) is 10.1 Å². The van der Waals surface area contributed by atoms with Crippen molar-refractivity contribution in [2.45, 2.75) is 30.3 Å². The monoisotopic (exact) mass is 594 g/mol. The molecule has 1 amide bonds. The molecule has 9 nitrogen and oxygen atoms in total. The molecule has 0 unspecified atom stereocenters. The molecule has 13 heteroatoms. The smallest absolute Gasteiger partial charge is 0.385 e. The van der Waals surface area contributed by atoms with Crippen molar-refractivity contribution in [1.29, 1.82) is 0 Å². The lowest BCUT2D eigenvalue weighted by Gasteiger charge is -2.24. The summed E-state index contributed by atoms with van der Waals surface area (Å²) in [7, 11) is -4.00. The lowest BCUT2D eigenvalue weighted by molar-refractivity contribution is -0.141. The summed E-state index contributed by atoms with van der Waals surface area (Å²) >= 11 is 0. The van der Waals surface area contributed by atoms with Gasteiger partial charge >= 0.3 is 6.18 Å². The summed E-state index contributed by atoms with van der Waals surface area (Å²) in [5.41, 5.74) is 7.07. The van der Waals surface area contributed by atoms with Crippen LogP contribution in [0.25, 0.3) is 27.6 Å². The molecule has 0 spiro atoms. The SMILES string of the molecule is Nc1[nH]cc2ccc(-n3nc(C(F)(F)F)cc3C(=O)N3CCCCc4cc(-c5ccccc5S(N)(=O)=O)ccc43)cc12. The topological polar surface area (TPSA) is 140 Å². The zero-order valence-corrected chi connectivity index (χ0v) is 22.8. The molecule has 0 saturated carbocycles. The zero-order chi connectivity index (χ0) is 29.8. The van der Waals surface area contributed by atoms with E-state index in [4.69, 9.17) is 10.9 Å². The van der Waals surface area contributed by atoms with Crippen LogP contribution in [0.4, 0.5) is 24.7 Å². The summed E-state index contributed by atoms with van der Waals surface area (Å²) in [6, 6.07) is 17.1. The molecule has 0 aliphatic carbocycles. The molecule has 1 aliphatic rings. The van der Waals surface area contributed by atoms with Gasteiger partial charge in [0.2, 0.25) is 10.0 Å². The highest BCUT2D eigenvalue weighted by molar-refractivity contribution is 7.89. The molecular weight excluding hydrogens is 569 g/mol. The second-order valence-electron chi connectivity index (χ2n) is 10.1. The molecule has 1 aliphatic heterocycles. The first-order valence-electron chi connectivity index (χ1n) is 13.0. The average molecular weight is 595 g/mol. The predicted octanol–water partition coefficient (Wildman–Crippen LogP) is 5.25. The van der Waals surface area contributed by atoms with E-state index in [0.717, 1.165) is 21.7 Å². The van der Waals surface area contributed by atoms with Gasteiger partial charge in [0, 0.05) is 40.8 Å². The number of nitrogens with two attached hydrogens (primary N) is 2. The number of nitrogen functional groups attached to an aromatic ring is 1. The standard InChI is InChI=1S/C29H25F3N6O3S/c30-29(31,32)26-15-24(38(36-26)20-10-8-19-16-35-27(33)22(19)14-20)28(39)37-12-4-3-5-18-13-17(9-11-23(18)37)21-6-1-2-7-25(21)42(34,40)41/h1-2,6-11,13-16,35H,3-5,12,33H2,(H2,34,40,41). The maximum Gasteiger partial charge on any atom is 0.435 e. The number of nitrogens with one attached hydrogen (secondary N) is 1. The third-order valence-corrected chi connectivity index (χ3v) is 8.34. The van der Waals surface area contributed by atoms with Gasteiger partial charge in [-0.3, -0.25) is 4.79 Å².